The molecule has 0 aromatic rings. The lowest BCUT2D eigenvalue weighted by atomic mass is 10.1. The maximum atomic E-state index is 12.7. The maximum Gasteiger partial charge on any atom is 0.472 e. The Morgan fingerprint density at radius 1 is 0.618 bits per heavy atom. The molecule has 0 spiro atoms. The van der Waals surface area contributed by atoms with Gasteiger partial charge >= 0.3 is 7.82 Å². The van der Waals surface area contributed by atoms with Gasteiger partial charge in [-0.05, 0) is 77.0 Å². The Hall–Kier alpha value is -2.32. The van der Waals surface area contributed by atoms with Crippen LogP contribution in [0.1, 0.15) is 168 Å². The van der Waals surface area contributed by atoms with Gasteiger partial charge in [-0.1, -0.05) is 170 Å². The second-order valence-corrected chi connectivity index (χ2v) is 15.6. The molecule has 0 radical (unpaired) electrons. The van der Waals surface area contributed by atoms with E-state index in [2.05, 4.69) is 92.1 Å². The number of phosphoric ester groups is 1. The van der Waals surface area contributed by atoms with Gasteiger partial charge in [-0.3, -0.25) is 13.8 Å². The van der Waals surface area contributed by atoms with Gasteiger partial charge in [0, 0.05) is 13.0 Å². The van der Waals surface area contributed by atoms with Crippen molar-refractivity contribution in [2.75, 3.05) is 19.8 Å². The molecule has 0 rings (SSSR count). The van der Waals surface area contributed by atoms with E-state index in [1.807, 2.05) is 6.08 Å². The lowest BCUT2D eigenvalue weighted by Crippen LogP contribution is -2.45. The molecule has 1 amide bonds. The first-order valence-electron chi connectivity index (χ1n) is 21.7. The first-order chi connectivity index (χ1) is 26.9. The molecule has 8 nitrogen and oxygen atoms in total. The standard InChI is InChI=1S/C46H81N2O6P/c1-3-5-7-9-11-13-15-17-19-21-22-24-26-28-30-32-34-36-38-40-46(50)48-44(43-54-55(51,52)53-42-41-47)45(49)39-37-35-33-31-29-27-25-23-20-18-16-14-12-10-8-6-4-2/h5,7,11,13,17,19,22,24,28-31,37,39,44-45,49H,3-4,6,8-10,12,14-16,18,20-21,23,25-27,32-36,38,40-43,47H2,1-2H3,(H,48,50)(H,51,52)/b7-5-,13-11-,19-17-,24-22-,30-28-,31-29+,39-37+. The van der Waals surface area contributed by atoms with Crippen molar-refractivity contribution in [3.8, 4) is 0 Å². The number of aliphatic hydroxyl groups is 1. The highest BCUT2D eigenvalue weighted by Crippen LogP contribution is 2.43. The molecule has 0 aromatic heterocycles. The van der Waals surface area contributed by atoms with Gasteiger partial charge in [-0.25, -0.2) is 4.57 Å². The van der Waals surface area contributed by atoms with Gasteiger partial charge in [0.15, 0.2) is 0 Å². The van der Waals surface area contributed by atoms with Crippen molar-refractivity contribution < 1.29 is 28.4 Å². The minimum Gasteiger partial charge on any atom is -0.387 e. The van der Waals surface area contributed by atoms with Gasteiger partial charge in [0.05, 0.1) is 25.4 Å². The first kappa shape index (κ1) is 52.7. The largest absolute Gasteiger partial charge is 0.472 e. The van der Waals surface area contributed by atoms with E-state index in [-0.39, 0.29) is 25.7 Å². The Kier molecular flexibility index (Phi) is 39.6. The van der Waals surface area contributed by atoms with E-state index in [9.17, 15) is 19.4 Å². The van der Waals surface area contributed by atoms with Crippen LogP contribution >= 0.6 is 7.82 Å². The van der Waals surface area contributed by atoms with Crippen molar-refractivity contribution >= 4 is 13.7 Å². The molecule has 316 valence electrons. The van der Waals surface area contributed by atoms with Gasteiger partial charge in [0.1, 0.15) is 0 Å². The molecule has 0 bridgehead atoms. The highest BCUT2D eigenvalue weighted by atomic mass is 31.2. The number of nitrogens with one attached hydrogen (secondary N) is 1. The number of hydrogen-bond donors (Lipinski definition) is 4. The van der Waals surface area contributed by atoms with Crippen LogP contribution in [-0.4, -0.2) is 47.8 Å². The van der Waals surface area contributed by atoms with Crippen molar-refractivity contribution in [2.24, 2.45) is 5.73 Å². The fourth-order valence-electron chi connectivity index (χ4n) is 5.70. The summed E-state index contributed by atoms with van der Waals surface area (Å²) in [5.74, 6) is -0.239. The molecule has 0 aromatic carbocycles. The minimum atomic E-state index is -4.36. The van der Waals surface area contributed by atoms with E-state index in [4.69, 9.17) is 14.8 Å². The van der Waals surface area contributed by atoms with Crippen LogP contribution in [0.3, 0.4) is 0 Å². The van der Waals surface area contributed by atoms with E-state index in [0.717, 1.165) is 70.6 Å². The fraction of sp³-hybridized carbons (Fsp3) is 0.674. The van der Waals surface area contributed by atoms with Crippen LogP contribution in [-0.2, 0) is 18.4 Å². The lowest BCUT2D eigenvalue weighted by molar-refractivity contribution is -0.123. The van der Waals surface area contributed by atoms with E-state index in [1.54, 1.807) is 6.08 Å². The normalized spacial score (nSPS) is 14.9. The zero-order chi connectivity index (χ0) is 40.3. The zero-order valence-electron chi connectivity index (χ0n) is 34.9. The summed E-state index contributed by atoms with van der Waals surface area (Å²) in [7, 11) is -4.36. The summed E-state index contributed by atoms with van der Waals surface area (Å²) in [4.78, 5) is 22.7. The van der Waals surface area contributed by atoms with E-state index in [1.165, 1.54) is 70.6 Å². The summed E-state index contributed by atoms with van der Waals surface area (Å²) in [6, 6.07) is -0.899. The number of aliphatic hydroxyl groups excluding tert-OH is 1. The van der Waals surface area contributed by atoms with Crippen LogP contribution in [0.15, 0.2) is 85.1 Å². The van der Waals surface area contributed by atoms with E-state index < -0.39 is 20.0 Å². The summed E-state index contributed by atoms with van der Waals surface area (Å²) in [6.07, 6.45) is 54.9. The SMILES string of the molecule is CC/C=C\C/C=C\C/C=C\C/C=C\C/C=C\CCCCCC(=O)NC(COP(=O)(O)OCCN)C(O)/C=C/CC/C=C/CCCCCCCCCCCCC. The van der Waals surface area contributed by atoms with Crippen LogP contribution in [0.4, 0.5) is 0 Å². The van der Waals surface area contributed by atoms with Crippen LogP contribution < -0.4 is 11.1 Å². The summed E-state index contributed by atoms with van der Waals surface area (Å²) >= 11 is 0. The second kappa shape index (κ2) is 41.3. The van der Waals surface area contributed by atoms with Crippen LogP contribution in [0, 0.1) is 0 Å². The second-order valence-electron chi connectivity index (χ2n) is 14.2. The number of carbonyl (C=O) groups excluding carboxylic acids is 1. The van der Waals surface area contributed by atoms with Gasteiger partial charge in [-0.2, -0.15) is 0 Å². The molecule has 0 heterocycles. The van der Waals surface area contributed by atoms with Gasteiger partial charge < -0.3 is 21.1 Å². The number of unbranched alkanes of at least 4 members (excludes halogenated alkanes) is 15. The molecule has 3 atom stereocenters. The highest BCUT2D eigenvalue weighted by molar-refractivity contribution is 7.47. The molecule has 55 heavy (non-hydrogen) atoms. The molecule has 9 heteroatoms. The van der Waals surface area contributed by atoms with E-state index in [0.29, 0.717) is 12.8 Å². The summed E-state index contributed by atoms with van der Waals surface area (Å²) < 4.78 is 22.1. The topological polar surface area (TPSA) is 131 Å². The predicted molar refractivity (Wildman–Crippen MR) is 235 cm³/mol. The summed E-state index contributed by atoms with van der Waals surface area (Å²) in [6.45, 7) is 3.95. The molecule has 0 aliphatic carbocycles. The van der Waals surface area contributed by atoms with Gasteiger partial charge in [0.2, 0.25) is 5.91 Å². The highest BCUT2D eigenvalue weighted by Gasteiger charge is 2.26. The molecule has 0 saturated carbocycles. The third-order valence-corrected chi connectivity index (χ3v) is 9.94. The maximum absolute atomic E-state index is 12.7. The third-order valence-electron chi connectivity index (χ3n) is 8.95. The Balaban J connectivity index is 4.37. The number of nitrogens with two attached hydrogens (primary N) is 1. The average Bonchev–Trinajstić information content (AvgIpc) is 3.17. The number of phosphoric acid groups is 1. The van der Waals surface area contributed by atoms with Crippen molar-refractivity contribution in [1.29, 1.82) is 0 Å². The van der Waals surface area contributed by atoms with Crippen LogP contribution in [0.5, 0.6) is 0 Å². The van der Waals surface area contributed by atoms with Gasteiger partial charge in [0.25, 0.3) is 0 Å². The van der Waals surface area contributed by atoms with Crippen LogP contribution in [0.2, 0.25) is 0 Å². The third kappa shape index (κ3) is 39.7. The van der Waals surface area contributed by atoms with Gasteiger partial charge in [-0.15, -0.1) is 0 Å². The number of hydrogen-bond acceptors (Lipinski definition) is 6. The lowest BCUT2D eigenvalue weighted by Gasteiger charge is -2.23. The molecule has 0 saturated heterocycles. The Morgan fingerprint density at radius 2 is 1.07 bits per heavy atom. The monoisotopic (exact) mass is 789 g/mol. The first-order valence-corrected chi connectivity index (χ1v) is 23.2. The molecule has 0 aliphatic rings. The Bertz CT molecular complexity index is 1130. The predicted octanol–water partition coefficient (Wildman–Crippen LogP) is 12.2. The molecule has 0 fully saturated rings. The molecular weight excluding hydrogens is 707 g/mol. The molecular formula is C46H81N2O6P. The molecule has 3 unspecified atom stereocenters. The molecule has 5 N–H and O–H groups in total. The number of amides is 1. The Labute approximate surface area is 337 Å². The minimum absolute atomic E-state index is 0.0638. The number of rotatable bonds is 39. The Morgan fingerprint density at radius 3 is 1.62 bits per heavy atom. The molecule has 0 aliphatic heterocycles. The van der Waals surface area contributed by atoms with Crippen molar-refractivity contribution in [3.63, 3.8) is 0 Å². The van der Waals surface area contributed by atoms with E-state index >= 15 is 0 Å². The zero-order valence-corrected chi connectivity index (χ0v) is 35.8. The fourth-order valence-corrected chi connectivity index (χ4v) is 6.46. The van der Waals surface area contributed by atoms with Crippen molar-refractivity contribution in [1.82, 2.24) is 5.32 Å². The number of carbonyl (C=O) groups is 1. The summed E-state index contributed by atoms with van der Waals surface area (Å²) in [5, 5.41) is 13.6. The van der Waals surface area contributed by atoms with Crippen molar-refractivity contribution in [2.45, 2.75) is 180 Å². The van der Waals surface area contributed by atoms with Crippen LogP contribution in [0.25, 0.3) is 0 Å². The quantitative estimate of drug-likeness (QED) is 0.0277. The van der Waals surface area contributed by atoms with Crippen molar-refractivity contribution in [3.05, 3.63) is 85.1 Å². The summed E-state index contributed by atoms with van der Waals surface area (Å²) in [5.41, 5.74) is 5.37. The smallest absolute Gasteiger partial charge is 0.387 e. The number of allylic oxidation sites excluding steroid dienone is 13. The average molecular weight is 789 g/mol.